The number of aliphatic hydroxyl groups is 1. The predicted octanol–water partition coefficient (Wildman–Crippen LogP) is 0.459. The molecule has 0 aromatic carbocycles. The van der Waals surface area contributed by atoms with E-state index in [2.05, 4.69) is 5.32 Å². The molecule has 10 heavy (non-hydrogen) atoms. The molecule has 0 aromatic rings. The van der Waals surface area contributed by atoms with Crippen LogP contribution in [0.15, 0.2) is 0 Å². The van der Waals surface area contributed by atoms with Crippen molar-refractivity contribution in [2.75, 3.05) is 13.2 Å². The zero-order valence-corrected chi connectivity index (χ0v) is 6.02. The molecule has 1 rings (SSSR count). The third-order valence-electron chi connectivity index (χ3n) is 1.93. The maximum atomic E-state index is 12.5. The van der Waals surface area contributed by atoms with Gasteiger partial charge in [-0.15, -0.1) is 0 Å². The molecule has 1 aliphatic carbocycles. The minimum atomic E-state index is -0.640. The Morgan fingerprint density at radius 3 is 2.70 bits per heavy atom. The highest BCUT2D eigenvalue weighted by atomic mass is 19.1. The van der Waals surface area contributed by atoms with Crippen molar-refractivity contribution in [1.82, 2.24) is 5.32 Å². The van der Waals surface area contributed by atoms with Crippen LogP contribution in [0.25, 0.3) is 0 Å². The molecule has 0 heterocycles. The standard InChI is InChI=1S/C7H14FNO/c8-6-2-3-7(6)9-4-1-5-10/h6-7,9-10H,1-5H2. The molecule has 0 aromatic heterocycles. The first kappa shape index (κ1) is 7.95. The van der Waals surface area contributed by atoms with Crippen LogP contribution in [0.3, 0.4) is 0 Å². The molecular formula is C7H14FNO. The van der Waals surface area contributed by atoms with Gasteiger partial charge < -0.3 is 10.4 Å². The van der Waals surface area contributed by atoms with E-state index in [0.29, 0.717) is 6.42 Å². The molecule has 60 valence electrons. The second kappa shape index (κ2) is 3.88. The average molecular weight is 147 g/mol. The number of hydrogen-bond donors (Lipinski definition) is 2. The molecule has 0 amide bonds. The Morgan fingerprint density at radius 2 is 2.30 bits per heavy atom. The van der Waals surface area contributed by atoms with E-state index in [9.17, 15) is 4.39 Å². The fourth-order valence-corrected chi connectivity index (χ4v) is 1.06. The van der Waals surface area contributed by atoms with Crippen LogP contribution < -0.4 is 5.32 Å². The topological polar surface area (TPSA) is 32.3 Å². The largest absolute Gasteiger partial charge is 0.396 e. The van der Waals surface area contributed by atoms with Gasteiger partial charge in [0.1, 0.15) is 6.17 Å². The summed E-state index contributed by atoms with van der Waals surface area (Å²) in [7, 11) is 0. The maximum Gasteiger partial charge on any atom is 0.115 e. The lowest BCUT2D eigenvalue weighted by Gasteiger charge is -2.31. The van der Waals surface area contributed by atoms with Gasteiger partial charge in [0.05, 0.1) is 0 Å². The minimum Gasteiger partial charge on any atom is -0.396 e. The van der Waals surface area contributed by atoms with Gasteiger partial charge in [-0.3, -0.25) is 0 Å². The summed E-state index contributed by atoms with van der Waals surface area (Å²) < 4.78 is 12.5. The Bertz CT molecular complexity index is 99.6. The van der Waals surface area contributed by atoms with E-state index in [1.54, 1.807) is 0 Å². The summed E-state index contributed by atoms with van der Waals surface area (Å²) >= 11 is 0. The normalized spacial score (nSPS) is 31.8. The molecule has 0 bridgehead atoms. The Labute approximate surface area is 60.4 Å². The molecule has 3 heteroatoms. The van der Waals surface area contributed by atoms with Crippen molar-refractivity contribution in [2.24, 2.45) is 0 Å². The summed E-state index contributed by atoms with van der Waals surface area (Å²) in [5.41, 5.74) is 0. The molecule has 0 aliphatic heterocycles. The molecule has 2 nitrogen and oxygen atoms in total. The lowest BCUT2D eigenvalue weighted by Crippen LogP contribution is -2.45. The summed E-state index contributed by atoms with van der Waals surface area (Å²) in [5.74, 6) is 0. The van der Waals surface area contributed by atoms with Crippen molar-refractivity contribution >= 4 is 0 Å². The maximum absolute atomic E-state index is 12.5. The smallest absolute Gasteiger partial charge is 0.115 e. The minimum absolute atomic E-state index is 0.0755. The van der Waals surface area contributed by atoms with Gasteiger partial charge in [0.25, 0.3) is 0 Å². The van der Waals surface area contributed by atoms with Crippen LogP contribution in [-0.4, -0.2) is 30.5 Å². The van der Waals surface area contributed by atoms with Gasteiger partial charge in [-0.1, -0.05) is 0 Å². The second-order valence-corrected chi connectivity index (χ2v) is 2.73. The Hall–Kier alpha value is -0.150. The van der Waals surface area contributed by atoms with E-state index in [0.717, 1.165) is 19.4 Å². The first-order valence-corrected chi connectivity index (χ1v) is 3.83. The van der Waals surface area contributed by atoms with Crippen LogP contribution >= 0.6 is 0 Å². The molecule has 2 atom stereocenters. The first-order chi connectivity index (χ1) is 4.84. The lowest BCUT2D eigenvalue weighted by molar-refractivity contribution is 0.140. The van der Waals surface area contributed by atoms with Crippen molar-refractivity contribution in [3.63, 3.8) is 0 Å². The monoisotopic (exact) mass is 147 g/mol. The fraction of sp³-hybridized carbons (Fsp3) is 1.00. The number of hydrogen-bond acceptors (Lipinski definition) is 2. The summed E-state index contributed by atoms with van der Waals surface area (Å²) in [6.07, 6.45) is 1.74. The number of aliphatic hydroxyl groups excluding tert-OH is 1. The molecule has 0 spiro atoms. The van der Waals surface area contributed by atoms with E-state index in [4.69, 9.17) is 5.11 Å². The van der Waals surface area contributed by atoms with Crippen LogP contribution in [0.5, 0.6) is 0 Å². The van der Waals surface area contributed by atoms with Crippen molar-refractivity contribution in [3.8, 4) is 0 Å². The number of halogens is 1. The van der Waals surface area contributed by atoms with Gasteiger partial charge in [-0.25, -0.2) is 4.39 Å². The van der Waals surface area contributed by atoms with Crippen LogP contribution in [-0.2, 0) is 0 Å². The molecule has 0 radical (unpaired) electrons. The van der Waals surface area contributed by atoms with Crippen LogP contribution in [0.4, 0.5) is 4.39 Å². The van der Waals surface area contributed by atoms with Crippen LogP contribution in [0.2, 0.25) is 0 Å². The van der Waals surface area contributed by atoms with Gasteiger partial charge in [0, 0.05) is 12.6 Å². The summed E-state index contributed by atoms with van der Waals surface area (Å²) in [6, 6.07) is 0.0755. The van der Waals surface area contributed by atoms with Crippen molar-refractivity contribution < 1.29 is 9.50 Å². The molecule has 1 fully saturated rings. The van der Waals surface area contributed by atoms with Gasteiger partial charge in [0.15, 0.2) is 0 Å². The van der Waals surface area contributed by atoms with Gasteiger partial charge in [0.2, 0.25) is 0 Å². The number of rotatable bonds is 4. The zero-order chi connectivity index (χ0) is 7.40. The second-order valence-electron chi connectivity index (χ2n) is 2.73. The summed E-state index contributed by atoms with van der Waals surface area (Å²) in [5, 5.41) is 11.4. The zero-order valence-electron chi connectivity index (χ0n) is 6.02. The van der Waals surface area contributed by atoms with E-state index >= 15 is 0 Å². The van der Waals surface area contributed by atoms with E-state index in [1.165, 1.54) is 0 Å². The van der Waals surface area contributed by atoms with Crippen LogP contribution in [0, 0.1) is 0 Å². The quantitative estimate of drug-likeness (QED) is 0.566. The van der Waals surface area contributed by atoms with Crippen LogP contribution in [0.1, 0.15) is 19.3 Å². The highest BCUT2D eigenvalue weighted by Gasteiger charge is 2.29. The van der Waals surface area contributed by atoms with Gasteiger partial charge >= 0.3 is 0 Å². The first-order valence-electron chi connectivity index (χ1n) is 3.83. The molecule has 1 saturated carbocycles. The summed E-state index contributed by atoms with van der Waals surface area (Å²) in [4.78, 5) is 0. The Kier molecular flexibility index (Phi) is 3.09. The third kappa shape index (κ3) is 1.92. The van der Waals surface area contributed by atoms with Crippen molar-refractivity contribution in [1.29, 1.82) is 0 Å². The Balaban J connectivity index is 1.92. The average Bonchev–Trinajstić information content (AvgIpc) is 1.95. The molecule has 2 unspecified atom stereocenters. The van der Waals surface area contributed by atoms with E-state index in [1.807, 2.05) is 0 Å². The fourth-order valence-electron chi connectivity index (χ4n) is 1.06. The number of nitrogens with one attached hydrogen (secondary N) is 1. The van der Waals surface area contributed by atoms with Crippen molar-refractivity contribution in [3.05, 3.63) is 0 Å². The molecule has 2 N–H and O–H groups in total. The lowest BCUT2D eigenvalue weighted by atomic mass is 9.90. The van der Waals surface area contributed by atoms with Crippen molar-refractivity contribution in [2.45, 2.75) is 31.5 Å². The molecule has 1 aliphatic rings. The van der Waals surface area contributed by atoms with Gasteiger partial charge in [-0.05, 0) is 25.8 Å². The number of alkyl halides is 1. The summed E-state index contributed by atoms with van der Waals surface area (Å²) in [6.45, 7) is 0.929. The SMILES string of the molecule is OCCCNC1CCC1F. The molecular weight excluding hydrogens is 133 g/mol. The molecule has 0 saturated heterocycles. The van der Waals surface area contributed by atoms with Gasteiger partial charge in [-0.2, -0.15) is 0 Å². The Morgan fingerprint density at radius 1 is 1.50 bits per heavy atom. The van der Waals surface area contributed by atoms with E-state index in [-0.39, 0.29) is 12.6 Å². The van der Waals surface area contributed by atoms with E-state index < -0.39 is 6.17 Å². The third-order valence-corrected chi connectivity index (χ3v) is 1.93. The highest BCUT2D eigenvalue weighted by Crippen LogP contribution is 2.22. The predicted molar refractivity (Wildman–Crippen MR) is 37.6 cm³/mol. The highest BCUT2D eigenvalue weighted by molar-refractivity contribution is 4.86.